The van der Waals surface area contributed by atoms with Gasteiger partial charge in [0.2, 0.25) is 0 Å². The molecular formula is C17H14ClNO. The normalized spacial score (nSPS) is 18.3. The van der Waals surface area contributed by atoms with Crippen LogP contribution < -0.4 is 4.90 Å². The van der Waals surface area contributed by atoms with Gasteiger partial charge in [0.15, 0.2) is 0 Å². The number of hydrogen-bond donors (Lipinski definition) is 0. The number of carbonyl (C=O) groups is 1. The Morgan fingerprint density at radius 1 is 1.00 bits per heavy atom. The molecule has 1 aliphatic rings. The molecule has 0 N–H and O–H groups in total. The summed E-state index contributed by atoms with van der Waals surface area (Å²) in [4.78, 5) is 14.1. The lowest BCUT2D eigenvalue weighted by Crippen LogP contribution is -2.28. The summed E-state index contributed by atoms with van der Waals surface area (Å²) in [5, 5.41) is 0.700. The van der Waals surface area contributed by atoms with Crippen LogP contribution in [-0.2, 0) is 4.79 Å². The van der Waals surface area contributed by atoms with Gasteiger partial charge >= 0.3 is 0 Å². The summed E-state index contributed by atoms with van der Waals surface area (Å²) < 4.78 is 0. The number of halogens is 1. The fourth-order valence-corrected chi connectivity index (χ4v) is 2.72. The molecule has 3 heteroatoms. The van der Waals surface area contributed by atoms with Crippen LogP contribution in [0.15, 0.2) is 66.2 Å². The quantitative estimate of drug-likeness (QED) is 0.801. The zero-order valence-corrected chi connectivity index (χ0v) is 11.8. The highest BCUT2D eigenvalue weighted by Gasteiger charge is 2.32. The first-order valence-electron chi connectivity index (χ1n) is 6.49. The molecule has 2 aromatic carbocycles. The van der Waals surface area contributed by atoms with Crippen LogP contribution >= 0.6 is 11.6 Å². The summed E-state index contributed by atoms with van der Waals surface area (Å²) in [6, 6.07) is 17.3. The lowest BCUT2D eigenvalue weighted by molar-refractivity contribution is -0.113. The van der Waals surface area contributed by atoms with Gasteiger partial charge < -0.3 is 0 Å². The number of hydrogen-bond acceptors (Lipinski definition) is 1. The molecule has 3 rings (SSSR count). The largest absolute Gasteiger partial charge is 0.298 e. The third-order valence-electron chi connectivity index (χ3n) is 3.50. The Kier molecular flexibility index (Phi) is 3.33. The monoisotopic (exact) mass is 283 g/mol. The van der Waals surface area contributed by atoms with E-state index in [9.17, 15) is 4.79 Å². The molecule has 100 valence electrons. The maximum Gasteiger partial charge on any atom is 0.251 e. The molecule has 0 aromatic heterocycles. The average molecular weight is 284 g/mol. The van der Waals surface area contributed by atoms with Crippen LogP contribution in [0.1, 0.15) is 18.5 Å². The average Bonchev–Trinajstić information content (AvgIpc) is 2.75. The fraction of sp³-hybridized carbons (Fsp3) is 0.118. The topological polar surface area (TPSA) is 20.3 Å². The van der Waals surface area contributed by atoms with E-state index in [2.05, 4.69) is 0 Å². The maximum atomic E-state index is 12.3. The molecule has 0 radical (unpaired) electrons. The summed E-state index contributed by atoms with van der Waals surface area (Å²) in [6.07, 6.45) is 1.70. The minimum Gasteiger partial charge on any atom is -0.298 e. The highest BCUT2D eigenvalue weighted by Crippen LogP contribution is 2.37. The van der Waals surface area contributed by atoms with E-state index in [1.54, 1.807) is 6.08 Å². The Bertz CT molecular complexity index is 661. The van der Waals surface area contributed by atoms with Crippen molar-refractivity contribution in [3.8, 4) is 0 Å². The van der Waals surface area contributed by atoms with Crippen molar-refractivity contribution in [1.29, 1.82) is 0 Å². The number of anilines is 1. The van der Waals surface area contributed by atoms with Crippen molar-refractivity contribution in [2.45, 2.75) is 13.0 Å². The number of amides is 1. The van der Waals surface area contributed by atoms with Crippen molar-refractivity contribution >= 4 is 23.2 Å². The standard InChI is InChI=1S/C17H14ClNO/c1-12-11-16(20)19(15-5-3-2-4-6-15)17(12)13-7-9-14(18)10-8-13/h2-11,17H,1H3/t17-/m0/s1. The second kappa shape index (κ2) is 5.14. The van der Waals surface area contributed by atoms with Crippen LogP contribution in [0.5, 0.6) is 0 Å². The number of rotatable bonds is 2. The third kappa shape index (κ3) is 2.23. The summed E-state index contributed by atoms with van der Waals surface area (Å²) in [7, 11) is 0. The summed E-state index contributed by atoms with van der Waals surface area (Å²) >= 11 is 5.94. The SMILES string of the molecule is CC1=CC(=O)N(c2ccccc2)[C@@H]1c1ccc(Cl)cc1. The molecule has 0 aliphatic carbocycles. The first-order chi connectivity index (χ1) is 9.66. The molecule has 2 nitrogen and oxygen atoms in total. The van der Waals surface area contributed by atoms with Crippen molar-refractivity contribution < 1.29 is 4.79 Å². The Balaban J connectivity index is 2.04. The van der Waals surface area contributed by atoms with Gasteiger partial charge in [-0.3, -0.25) is 9.69 Å². The van der Waals surface area contributed by atoms with Crippen molar-refractivity contribution in [3.63, 3.8) is 0 Å². The number of benzene rings is 2. The molecular weight excluding hydrogens is 270 g/mol. The Hall–Kier alpha value is -2.06. The molecule has 20 heavy (non-hydrogen) atoms. The van der Waals surface area contributed by atoms with Crippen LogP contribution in [0.2, 0.25) is 5.02 Å². The van der Waals surface area contributed by atoms with Crippen LogP contribution in [0.25, 0.3) is 0 Å². The highest BCUT2D eigenvalue weighted by molar-refractivity contribution is 6.30. The van der Waals surface area contributed by atoms with Gasteiger partial charge in [0.05, 0.1) is 6.04 Å². The third-order valence-corrected chi connectivity index (χ3v) is 3.75. The summed E-state index contributed by atoms with van der Waals surface area (Å²) in [5.41, 5.74) is 3.02. The van der Waals surface area contributed by atoms with Gasteiger partial charge in [0.1, 0.15) is 0 Å². The van der Waals surface area contributed by atoms with E-state index >= 15 is 0 Å². The molecule has 0 spiro atoms. The smallest absolute Gasteiger partial charge is 0.251 e. The molecule has 0 bridgehead atoms. The predicted molar refractivity (Wildman–Crippen MR) is 81.9 cm³/mol. The maximum absolute atomic E-state index is 12.3. The van der Waals surface area contributed by atoms with Gasteiger partial charge in [-0.2, -0.15) is 0 Å². The van der Waals surface area contributed by atoms with E-state index in [1.807, 2.05) is 66.4 Å². The number of carbonyl (C=O) groups excluding carboxylic acids is 1. The molecule has 0 saturated heterocycles. The van der Waals surface area contributed by atoms with E-state index in [-0.39, 0.29) is 11.9 Å². The van der Waals surface area contributed by atoms with E-state index in [1.165, 1.54) is 0 Å². The van der Waals surface area contributed by atoms with E-state index in [0.717, 1.165) is 16.8 Å². The lowest BCUT2D eigenvalue weighted by atomic mass is 10.0. The van der Waals surface area contributed by atoms with Gasteiger partial charge in [-0.1, -0.05) is 41.9 Å². The van der Waals surface area contributed by atoms with E-state index in [4.69, 9.17) is 11.6 Å². The molecule has 1 amide bonds. The van der Waals surface area contributed by atoms with E-state index in [0.29, 0.717) is 5.02 Å². The van der Waals surface area contributed by atoms with Crippen LogP contribution in [0.4, 0.5) is 5.69 Å². The second-order valence-electron chi connectivity index (χ2n) is 4.89. The molecule has 1 atom stereocenters. The molecule has 1 heterocycles. The van der Waals surface area contributed by atoms with Crippen molar-refractivity contribution in [1.82, 2.24) is 0 Å². The fourth-order valence-electron chi connectivity index (χ4n) is 2.60. The second-order valence-corrected chi connectivity index (χ2v) is 5.32. The molecule has 2 aromatic rings. The van der Waals surface area contributed by atoms with Crippen LogP contribution in [-0.4, -0.2) is 5.91 Å². The van der Waals surface area contributed by atoms with Crippen molar-refractivity contribution in [2.75, 3.05) is 4.90 Å². The number of nitrogens with zero attached hydrogens (tertiary/aromatic N) is 1. The lowest BCUT2D eigenvalue weighted by Gasteiger charge is -2.27. The number of para-hydroxylation sites is 1. The van der Waals surface area contributed by atoms with Gasteiger partial charge in [-0.05, 0) is 42.3 Å². The minimum absolute atomic E-state index is 0.0219. The zero-order chi connectivity index (χ0) is 14.1. The van der Waals surface area contributed by atoms with Crippen LogP contribution in [0.3, 0.4) is 0 Å². The summed E-state index contributed by atoms with van der Waals surface area (Å²) in [5.74, 6) is 0.0219. The van der Waals surface area contributed by atoms with Gasteiger partial charge in [0, 0.05) is 16.8 Å². The van der Waals surface area contributed by atoms with Gasteiger partial charge in [0.25, 0.3) is 5.91 Å². The Labute approximate surface area is 123 Å². The van der Waals surface area contributed by atoms with Gasteiger partial charge in [-0.15, -0.1) is 0 Å². The Morgan fingerprint density at radius 3 is 2.30 bits per heavy atom. The summed E-state index contributed by atoms with van der Waals surface area (Å²) in [6.45, 7) is 1.99. The van der Waals surface area contributed by atoms with Gasteiger partial charge in [-0.25, -0.2) is 0 Å². The predicted octanol–water partition coefficient (Wildman–Crippen LogP) is 4.37. The molecule has 0 unspecified atom stereocenters. The van der Waals surface area contributed by atoms with Crippen molar-refractivity contribution in [2.24, 2.45) is 0 Å². The molecule has 1 aliphatic heterocycles. The first-order valence-corrected chi connectivity index (χ1v) is 6.86. The van der Waals surface area contributed by atoms with Crippen LogP contribution in [0, 0.1) is 0 Å². The Morgan fingerprint density at radius 2 is 1.65 bits per heavy atom. The molecule has 0 fully saturated rings. The molecule has 0 saturated carbocycles. The minimum atomic E-state index is -0.0535. The zero-order valence-electron chi connectivity index (χ0n) is 11.1. The van der Waals surface area contributed by atoms with Crippen molar-refractivity contribution in [3.05, 3.63) is 76.8 Å². The first kappa shape index (κ1) is 12.9. The highest BCUT2D eigenvalue weighted by atomic mass is 35.5. The van der Waals surface area contributed by atoms with E-state index < -0.39 is 0 Å².